The number of hydrogen-bond donors (Lipinski definition) is 0. The quantitative estimate of drug-likeness (QED) is 0.218. The van der Waals surface area contributed by atoms with Gasteiger partial charge in [0.25, 0.3) is 0 Å². The summed E-state index contributed by atoms with van der Waals surface area (Å²) >= 11 is 5.15. The second-order valence-electron chi connectivity index (χ2n) is 9.18. The average Bonchev–Trinajstić information content (AvgIpc) is 3.31. The second kappa shape index (κ2) is 10.9. The van der Waals surface area contributed by atoms with Gasteiger partial charge in [-0.05, 0) is 66.9 Å². The van der Waals surface area contributed by atoms with E-state index in [9.17, 15) is 0 Å². The lowest BCUT2D eigenvalue weighted by molar-refractivity contribution is -0.0148. The predicted molar refractivity (Wildman–Crippen MR) is 164 cm³/mol. The Labute approximate surface area is 245 Å². The maximum absolute atomic E-state index is 6.47. The maximum Gasteiger partial charge on any atom is 0.247 e. The van der Waals surface area contributed by atoms with E-state index < -0.39 is 5.72 Å². The second-order valence-corrected chi connectivity index (χ2v) is 11.0. The first-order chi connectivity index (χ1) is 19.5. The fraction of sp³-hybridized carbons (Fsp3) is 0.161. The standard InChI is InChI=1S/C31H26BrN3O4S/c1-36-23-13-9-21(10-14-23)31-19-29(40-3)33-27-16-15-26(38-25-6-4-5-24(17-25)37-2)18-28(27)35(31)30(34-39-31)20-7-11-22(32)12-8-20/h4-18H,19H2,1-3H3. The molecule has 1 unspecified atom stereocenters. The molecule has 0 saturated heterocycles. The van der Waals surface area contributed by atoms with Gasteiger partial charge in [0.15, 0.2) is 5.84 Å². The van der Waals surface area contributed by atoms with Crippen molar-refractivity contribution in [2.24, 2.45) is 10.1 Å². The van der Waals surface area contributed by atoms with Gasteiger partial charge in [0, 0.05) is 27.7 Å². The van der Waals surface area contributed by atoms with Crippen LogP contribution in [-0.4, -0.2) is 31.4 Å². The monoisotopic (exact) mass is 615 g/mol. The molecule has 0 aromatic heterocycles. The first-order valence-corrected chi connectivity index (χ1v) is 14.6. The van der Waals surface area contributed by atoms with E-state index in [1.54, 1.807) is 26.0 Å². The third-order valence-electron chi connectivity index (χ3n) is 6.84. The predicted octanol–water partition coefficient (Wildman–Crippen LogP) is 8.11. The number of methoxy groups -OCH3 is 2. The van der Waals surface area contributed by atoms with Gasteiger partial charge in [0.1, 0.15) is 23.0 Å². The lowest BCUT2D eigenvalue weighted by Gasteiger charge is -2.37. The Balaban J connectivity index is 1.52. The zero-order valence-electron chi connectivity index (χ0n) is 22.1. The van der Waals surface area contributed by atoms with Gasteiger partial charge in [-0.15, -0.1) is 11.8 Å². The molecule has 0 amide bonds. The lowest BCUT2D eigenvalue weighted by atomic mass is 9.96. The van der Waals surface area contributed by atoms with Gasteiger partial charge in [-0.1, -0.05) is 39.3 Å². The van der Waals surface area contributed by atoms with Gasteiger partial charge in [0.2, 0.25) is 5.72 Å². The fourth-order valence-corrected chi connectivity index (χ4v) is 5.64. The molecule has 0 N–H and O–H groups in total. The highest BCUT2D eigenvalue weighted by Gasteiger charge is 2.52. The van der Waals surface area contributed by atoms with E-state index in [1.807, 2.05) is 97.3 Å². The number of aliphatic imine (C=N–C) groups is 1. The summed E-state index contributed by atoms with van der Waals surface area (Å²) in [4.78, 5) is 13.7. The fourth-order valence-electron chi connectivity index (χ4n) is 4.85. The Hall–Kier alpha value is -3.95. The van der Waals surface area contributed by atoms with Crippen molar-refractivity contribution in [2.75, 3.05) is 25.4 Å². The topological polar surface area (TPSA) is 64.9 Å². The smallest absolute Gasteiger partial charge is 0.247 e. The normalized spacial score (nSPS) is 17.6. The molecule has 0 bridgehead atoms. The number of benzene rings is 4. The number of anilines is 1. The van der Waals surface area contributed by atoms with Crippen LogP contribution in [0.2, 0.25) is 0 Å². The van der Waals surface area contributed by atoms with Crippen LogP contribution < -0.4 is 19.1 Å². The van der Waals surface area contributed by atoms with Gasteiger partial charge in [0.05, 0.1) is 37.1 Å². The average molecular weight is 617 g/mol. The third-order valence-corrected chi connectivity index (χ3v) is 8.07. The number of hydrogen-bond acceptors (Lipinski definition) is 8. The largest absolute Gasteiger partial charge is 0.497 e. The summed E-state index contributed by atoms with van der Waals surface area (Å²) in [6, 6.07) is 29.4. The number of nitrogens with zero attached hydrogens (tertiary/aromatic N) is 3. The summed E-state index contributed by atoms with van der Waals surface area (Å²) in [7, 11) is 3.29. The lowest BCUT2D eigenvalue weighted by Crippen LogP contribution is -2.47. The van der Waals surface area contributed by atoms with Gasteiger partial charge in [-0.3, -0.25) is 4.90 Å². The summed E-state index contributed by atoms with van der Waals surface area (Å²) in [5, 5.41) is 5.62. The molecule has 0 spiro atoms. The van der Waals surface area contributed by atoms with Gasteiger partial charge in [-0.2, -0.15) is 0 Å². The molecule has 0 aliphatic carbocycles. The van der Waals surface area contributed by atoms with Crippen LogP contribution in [0.1, 0.15) is 17.5 Å². The minimum absolute atomic E-state index is 0.491. The molecule has 40 heavy (non-hydrogen) atoms. The van der Waals surface area contributed by atoms with Gasteiger partial charge in [-0.25, -0.2) is 4.99 Å². The number of ether oxygens (including phenoxy) is 3. The molecule has 2 aliphatic rings. The number of rotatable bonds is 6. The highest BCUT2D eigenvalue weighted by atomic mass is 79.9. The zero-order chi connectivity index (χ0) is 27.7. The molecule has 7 nitrogen and oxygen atoms in total. The number of fused-ring (bicyclic) bond motifs is 3. The molecule has 9 heteroatoms. The molecule has 6 rings (SSSR count). The molecule has 0 radical (unpaired) electrons. The molecular formula is C31H26BrN3O4S. The molecule has 4 aromatic rings. The Morgan fingerprint density at radius 3 is 2.27 bits per heavy atom. The summed E-state index contributed by atoms with van der Waals surface area (Å²) in [5.74, 6) is 3.49. The van der Waals surface area contributed by atoms with Crippen LogP contribution in [0.3, 0.4) is 0 Å². The van der Waals surface area contributed by atoms with Crippen molar-refractivity contribution in [3.8, 4) is 23.0 Å². The summed E-state index contributed by atoms with van der Waals surface area (Å²) in [5.41, 5.74) is 2.48. The third kappa shape index (κ3) is 4.80. The first kappa shape index (κ1) is 26.3. The number of thioether (sulfide) groups is 1. The Morgan fingerprint density at radius 2 is 1.55 bits per heavy atom. The molecule has 0 fully saturated rings. The van der Waals surface area contributed by atoms with Crippen molar-refractivity contribution in [3.05, 3.63) is 107 Å². The van der Waals surface area contributed by atoms with E-state index >= 15 is 0 Å². The first-order valence-electron chi connectivity index (χ1n) is 12.6. The Kier molecular flexibility index (Phi) is 7.16. The van der Waals surface area contributed by atoms with Crippen molar-refractivity contribution < 1.29 is 19.0 Å². The van der Waals surface area contributed by atoms with E-state index in [1.165, 1.54) is 0 Å². The van der Waals surface area contributed by atoms with Crippen LogP contribution in [0.25, 0.3) is 0 Å². The zero-order valence-corrected chi connectivity index (χ0v) is 24.5. The number of oxime groups is 1. The summed E-state index contributed by atoms with van der Waals surface area (Å²) < 4.78 is 18.1. The van der Waals surface area contributed by atoms with Gasteiger partial charge >= 0.3 is 0 Å². The van der Waals surface area contributed by atoms with E-state index in [0.717, 1.165) is 43.5 Å². The van der Waals surface area contributed by atoms with Crippen molar-refractivity contribution in [1.82, 2.24) is 0 Å². The van der Waals surface area contributed by atoms with Crippen molar-refractivity contribution in [2.45, 2.75) is 12.1 Å². The Bertz CT molecular complexity index is 1610. The summed E-state index contributed by atoms with van der Waals surface area (Å²) in [6.07, 6.45) is 2.52. The summed E-state index contributed by atoms with van der Waals surface area (Å²) in [6.45, 7) is 0. The number of halogens is 1. The van der Waals surface area contributed by atoms with E-state index in [0.29, 0.717) is 23.8 Å². The molecule has 0 saturated carbocycles. The van der Waals surface area contributed by atoms with Crippen LogP contribution in [0, 0.1) is 0 Å². The van der Waals surface area contributed by atoms with Gasteiger partial charge < -0.3 is 19.0 Å². The number of amidine groups is 1. The highest BCUT2D eigenvalue weighted by molar-refractivity contribution is 9.10. The van der Waals surface area contributed by atoms with E-state index in [-0.39, 0.29) is 0 Å². The van der Waals surface area contributed by atoms with Crippen molar-refractivity contribution in [3.63, 3.8) is 0 Å². The van der Waals surface area contributed by atoms with Crippen LogP contribution >= 0.6 is 27.7 Å². The van der Waals surface area contributed by atoms with Crippen molar-refractivity contribution >= 4 is 49.9 Å². The van der Waals surface area contributed by atoms with E-state index in [4.69, 9.17) is 29.2 Å². The Morgan fingerprint density at radius 1 is 0.850 bits per heavy atom. The molecule has 2 heterocycles. The van der Waals surface area contributed by atoms with Crippen LogP contribution in [0.15, 0.2) is 106 Å². The maximum atomic E-state index is 6.47. The highest BCUT2D eigenvalue weighted by Crippen LogP contribution is 2.50. The van der Waals surface area contributed by atoms with E-state index in [2.05, 4.69) is 20.8 Å². The molecular weight excluding hydrogens is 590 g/mol. The molecule has 202 valence electrons. The molecule has 2 aliphatic heterocycles. The van der Waals surface area contributed by atoms with Crippen LogP contribution in [-0.2, 0) is 10.6 Å². The minimum atomic E-state index is -0.976. The van der Waals surface area contributed by atoms with Crippen molar-refractivity contribution in [1.29, 1.82) is 0 Å². The van der Waals surface area contributed by atoms with Crippen LogP contribution in [0.4, 0.5) is 11.4 Å². The molecule has 1 atom stereocenters. The minimum Gasteiger partial charge on any atom is -0.497 e. The van der Waals surface area contributed by atoms with Crippen LogP contribution in [0.5, 0.6) is 23.0 Å². The SMILES string of the molecule is COc1ccc(C23CC(SC)=Nc4ccc(Oc5cccc(OC)c5)cc4N2C(c2ccc(Br)cc2)=NO3)cc1. The molecule has 4 aromatic carbocycles.